The molecule has 0 fully saturated rings. The summed E-state index contributed by atoms with van der Waals surface area (Å²) in [4.78, 5) is 27.0. The Morgan fingerprint density at radius 1 is 1.00 bits per heavy atom. The molecule has 1 aliphatic heterocycles. The fourth-order valence-corrected chi connectivity index (χ4v) is 4.02. The summed E-state index contributed by atoms with van der Waals surface area (Å²) in [6, 6.07) is 17.6. The third kappa shape index (κ3) is 4.83. The summed E-state index contributed by atoms with van der Waals surface area (Å²) in [5.41, 5.74) is 4.08. The number of hydrogen-bond donors (Lipinski definition) is 2. The second kappa shape index (κ2) is 9.14. The van der Waals surface area contributed by atoms with Gasteiger partial charge in [-0.05, 0) is 53.9 Å². The maximum absolute atomic E-state index is 13.0. The number of carbonyl (C=O) groups excluding carboxylic acids is 2. The molecule has 0 aliphatic carbocycles. The standard InChI is InChI=1S/C24H25FN4O2/c1-28-13-4-7-21(28)22(29-14-12-17-5-2-3-6-18(17)16-29)15-26-23(30)24(31)27-20-10-8-19(25)9-11-20/h2-11,13,22H,12,14-16H2,1H3,(H,26,30)(H,27,31). The van der Waals surface area contributed by atoms with Crippen LogP contribution in [-0.2, 0) is 29.6 Å². The van der Waals surface area contributed by atoms with Gasteiger partial charge in [0.15, 0.2) is 0 Å². The normalized spacial score (nSPS) is 14.5. The topological polar surface area (TPSA) is 66.4 Å². The summed E-state index contributed by atoms with van der Waals surface area (Å²) in [6.45, 7) is 1.95. The summed E-state index contributed by atoms with van der Waals surface area (Å²) in [6.07, 6.45) is 2.92. The lowest BCUT2D eigenvalue weighted by Gasteiger charge is -2.36. The van der Waals surface area contributed by atoms with Crippen molar-refractivity contribution >= 4 is 17.5 Å². The van der Waals surface area contributed by atoms with E-state index in [1.165, 1.54) is 35.4 Å². The van der Waals surface area contributed by atoms with Crippen LogP contribution in [0.4, 0.5) is 10.1 Å². The second-order valence-electron chi connectivity index (χ2n) is 7.72. The van der Waals surface area contributed by atoms with Gasteiger partial charge in [-0.25, -0.2) is 4.39 Å². The van der Waals surface area contributed by atoms with Gasteiger partial charge < -0.3 is 15.2 Å². The maximum atomic E-state index is 13.0. The minimum Gasteiger partial charge on any atom is -0.353 e. The van der Waals surface area contributed by atoms with E-state index in [-0.39, 0.29) is 6.04 Å². The molecule has 2 amide bonds. The Morgan fingerprint density at radius 2 is 1.74 bits per heavy atom. The van der Waals surface area contributed by atoms with E-state index in [1.54, 1.807) is 0 Å². The van der Waals surface area contributed by atoms with Crippen LogP contribution in [0.2, 0.25) is 0 Å². The van der Waals surface area contributed by atoms with Crippen LogP contribution in [0.25, 0.3) is 0 Å². The van der Waals surface area contributed by atoms with E-state index in [1.807, 2.05) is 36.0 Å². The Bertz CT molecular complexity index is 1080. The van der Waals surface area contributed by atoms with E-state index >= 15 is 0 Å². The molecule has 0 saturated carbocycles. The molecule has 6 nitrogen and oxygen atoms in total. The van der Waals surface area contributed by atoms with E-state index in [9.17, 15) is 14.0 Å². The highest BCUT2D eigenvalue weighted by molar-refractivity contribution is 6.39. The Labute approximate surface area is 180 Å². The van der Waals surface area contributed by atoms with Crippen LogP contribution in [0.15, 0.2) is 66.9 Å². The number of aromatic nitrogens is 1. The zero-order chi connectivity index (χ0) is 21.8. The van der Waals surface area contributed by atoms with Crippen molar-refractivity contribution < 1.29 is 14.0 Å². The second-order valence-corrected chi connectivity index (χ2v) is 7.72. The number of amides is 2. The third-order valence-corrected chi connectivity index (χ3v) is 5.69. The monoisotopic (exact) mass is 420 g/mol. The number of hydrogen-bond acceptors (Lipinski definition) is 3. The molecule has 1 unspecified atom stereocenters. The van der Waals surface area contributed by atoms with Crippen molar-refractivity contribution in [3.63, 3.8) is 0 Å². The summed E-state index contributed by atoms with van der Waals surface area (Å²) in [7, 11) is 1.98. The predicted octanol–water partition coefficient (Wildman–Crippen LogP) is 3.02. The van der Waals surface area contributed by atoms with Crippen molar-refractivity contribution in [2.45, 2.75) is 19.0 Å². The maximum Gasteiger partial charge on any atom is 0.313 e. The van der Waals surface area contributed by atoms with Crippen LogP contribution in [0, 0.1) is 5.82 Å². The first-order chi connectivity index (χ1) is 15.0. The number of halogens is 1. The first-order valence-electron chi connectivity index (χ1n) is 10.3. The van der Waals surface area contributed by atoms with Gasteiger partial charge in [-0.2, -0.15) is 0 Å². The number of rotatable bonds is 5. The Hall–Kier alpha value is -3.45. The highest BCUT2D eigenvalue weighted by atomic mass is 19.1. The Kier molecular flexibility index (Phi) is 6.13. The van der Waals surface area contributed by atoms with Crippen molar-refractivity contribution in [3.05, 3.63) is 89.5 Å². The fraction of sp³-hybridized carbons (Fsp3) is 0.250. The highest BCUT2D eigenvalue weighted by Crippen LogP contribution is 2.27. The van der Waals surface area contributed by atoms with Crippen LogP contribution >= 0.6 is 0 Å². The molecule has 1 aromatic heterocycles. The molecule has 7 heteroatoms. The largest absolute Gasteiger partial charge is 0.353 e. The first kappa shape index (κ1) is 20.8. The molecule has 0 bridgehead atoms. The molecule has 2 aromatic carbocycles. The van der Waals surface area contributed by atoms with Crippen LogP contribution in [0.3, 0.4) is 0 Å². The van der Waals surface area contributed by atoms with Crippen molar-refractivity contribution in [2.24, 2.45) is 7.05 Å². The molecule has 31 heavy (non-hydrogen) atoms. The highest BCUT2D eigenvalue weighted by Gasteiger charge is 2.27. The van der Waals surface area contributed by atoms with Crippen LogP contribution in [0.5, 0.6) is 0 Å². The molecule has 0 radical (unpaired) electrons. The Morgan fingerprint density at radius 3 is 2.45 bits per heavy atom. The molecule has 1 aliphatic rings. The predicted molar refractivity (Wildman–Crippen MR) is 117 cm³/mol. The van der Waals surface area contributed by atoms with Gasteiger partial charge in [0, 0.05) is 44.3 Å². The van der Waals surface area contributed by atoms with Crippen LogP contribution in [0.1, 0.15) is 22.9 Å². The van der Waals surface area contributed by atoms with Gasteiger partial charge in [0.1, 0.15) is 5.82 Å². The van der Waals surface area contributed by atoms with Gasteiger partial charge >= 0.3 is 11.8 Å². The molecular formula is C24H25FN4O2. The fourth-order valence-electron chi connectivity index (χ4n) is 4.02. The zero-order valence-corrected chi connectivity index (χ0v) is 17.3. The number of nitrogens with one attached hydrogen (secondary N) is 2. The lowest BCUT2D eigenvalue weighted by molar-refractivity contribution is -0.136. The average Bonchev–Trinajstić information content (AvgIpc) is 3.20. The molecule has 0 spiro atoms. The lowest BCUT2D eigenvalue weighted by atomic mass is 9.98. The van der Waals surface area contributed by atoms with E-state index < -0.39 is 17.6 Å². The minimum absolute atomic E-state index is 0.0732. The zero-order valence-electron chi connectivity index (χ0n) is 17.3. The minimum atomic E-state index is -0.777. The molecular weight excluding hydrogens is 395 g/mol. The molecule has 2 heterocycles. The molecule has 160 valence electrons. The third-order valence-electron chi connectivity index (χ3n) is 5.69. The van der Waals surface area contributed by atoms with E-state index in [0.717, 1.165) is 25.2 Å². The summed E-state index contributed by atoms with van der Waals surface area (Å²) >= 11 is 0. The number of nitrogens with zero attached hydrogens (tertiary/aromatic N) is 2. The number of anilines is 1. The molecule has 0 saturated heterocycles. The Balaban J connectivity index is 1.44. The first-order valence-corrected chi connectivity index (χ1v) is 10.3. The van der Waals surface area contributed by atoms with Gasteiger partial charge in [-0.3, -0.25) is 14.5 Å². The van der Waals surface area contributed by atoms with Crippen LogP contribution in [-0.4, -0.2) is 34.4 Å². The number of fused-ring (bicyclic) bond motifs is 1. The van der Waals surface area contributed by atoms with E-state index in [2.05, 4.69) is 33.7 Å². The summed E-state index contributed by atoms with van der Waals surface area (Å²) in [5, 5.41) is 5.27. The summed E-state index contributed by atoms with van der Waals surface area (Å²) < 4.78 is 15.1. The molecule has 4 rings (SSSR count). The molecule has 1 atom stereocenters. The van der Waals surface area contributed by atoms with Gasteiger partial charge in [-0.15, -0.1) is 0 Å². The van der Waals surface area contributed by atoms with Gasteiger partial charge in [0.05, 0.1) is 6.04 Å². The van der Waals surface area contributed by atoms with E-state index in [4.69, 9.17) is 0 Å². The van der Waals surface area contributed by atoms with Crippen LogP contribution < -0.4 is 10.6 Å². The number of carbonyl (C=O) groups is 2. The van der Waals surface area contributed by atoms with Crippen molar-refractivity contribution in [1.82, 2.24) is 14.8 Å². The molecule has 2 N–H and O–H groups in total. The quantitative estimate of drug-likeness (QED) is 0.624. The van der Waals surface area contributed by atoms with Gasteiger partial charge in [0.2, 0.25) is 0 Å². The van der Waals surface area contributed by atoms with Gasteiger partial charge in [-0.1, -0.05) is 24.3 Å². The van der Waals surface area contributed by atoms with Crippen molar-refractivity contribution in [2.75, 3.05) is 18.4 Å². The number of benzene rings is 2. The van der Waals surface area contributed by atoms with E-state index in [0.29, 0.717) is 12.2 Å². The number of aryl methyl sites for hydroxylation is 1. The molecule has 3 aromatic rings. The SMILES string of the molecule is Cn1cccc1C(CNC(=O)C(=O)Nc1ccc(F)cc1)N1CCc2ccccc2C1. The summed E-state index contributed by atoms with van der Waals surface area (Å²) in [5.74, 6) is -1.90. The average molecular weight is 420 g/mol. The smallest absolute Gasteiger partial charge is 0.313 e. The van der Waals surface area contributed by atoms with Crippen molar-refractivity contribution in [1.29, 1.82) is 0 Å². The van der Waals surface area contributed by atoms with Crippen molar-refractivity contribution in [3.8, 4) is 0 Å². The lowest BCUT2D eigenvalue weighted by Crippen LogP contribution is -2.44. The van der Waals surface area contributed by atoms with Gasteiger partial charge in [0.25, 0.3) is 0 Å².